The van der Waals surface area contributed by atoms with Crippen molar-refractivity contribution in [2.24, 2.45) is 0 Å². The minimum Gasteiger partial charge on any atom is -0.456 e. The molecular weight excluding hydrogens is 358 g/mol. The van der Waals surface area contributed by atoms with Gasteiger partial charge in [-0.05, 0) is 42.0 Å². The molecule has 0 fully saturated rings. The standard InChI is InChI=1S/C18H19NO4S2/c1-24-11-9-14(19-17(21)13-6-3-2-4-7-13)18(22)23-12-15(20)16-8-5-10-25-16/h2-8,10,14H,9,11-12H2,1H3,(H,19,21). The quantitative estimate of drug-likeness (QED) is 0.537. The van der Waals surface area contributed by atoms with Crippen LogP contribution >= 0.6 is 23.1 Å². The summed E-state index contributed by atoms with van der Waals surface area (Å²) in [6.07, 6.45) is 2.35. The van der Waals surface area contributed by atoms with Crippen LogP contribution in [0.4, 0.5) is 0 Å². The fraction of sp³-hybridized carbons (Fsp3) is 0.278. The number of thiophene rings is 1. The molecule has 1 heterocycles. The highest BCUT2D eigenvalue weighted by atomic mass is 32.2. The van der Waals surface area contributed by atoms with Crippen LogP contribution in [-0.4, -0.2) is 42.3 Å². The van der Waals surface area contributed by atoms with Gasteiger partial charge >= 0.3 is 5.97 Å². The summed E-state index contributed by atoms with van der Waals surface area (Å²) in [4.78, 5) is 37.0. The van der Waals surface area contributed by atoms with Crippen molar-refractivity contribution in [1.82, 2.24) is 5.32 Å². The van der Waals surface area contributed by atoms with Gasteiger partial charge in [0, 0.05) is 5.56 Å². The van der Waals surface area contributed by atoms with Gasteiger partial charge in [-0.3, -0.25) is 9.59 Å². The van der Waals surface area contributed by atoms with Gasteiger partial charge in [0.1, 0.15) is 6.04 Å². The molecule has 2 aromatic rings. The van der Waals surface area contributed by atoms with Crippen molar-refractivity contribution in [3.8, 4) is 0 Å². The molecule has 1 N–H and O–H groups in total. The molecule has 0 radical (unpaired) electrons. The Morgan fingerprint density at radius 3 is 2.56 bits per heavy atom. The zero-order valence-corrected chi connectivity index (χ0v) is 15.4. The number of amides is 1. The monoisotopic (exact) mass is 377 g/mol. The molecule has 5 nitrogen and oxygen atoms in total. The lowest BCUT2D eigenvalue weighted by molar-refractivity contribution is -0.144. The van der Waals surface area contributed by atoms with Crippen LogP contribution in [0.5, 0.6) is 0 Å². The van der Waals surface area contributed by atoms with E-state index < -0.39 is 12.0 Å². The maximum atomic E-state index is 12.3. The molecular formula is C18H19NO4S2. The summed E-state index contributed by atoms with van der Waals surface area (Å²) >= 11 is 2.87. The molecule has 25 heavy (non-hydrogen) atoms. The van der Waals surface area contributed by atoms with Crippen LogP contribution in [-0.2, 0) is 9.53 Å². The first kappa shape index (κ1) is 19.2. The number of Topliss-reactive ketones (excluding diaryl/α,β-unsaturated/α-hetero) is 1. The molecule has 0 saturated carbocycles. The van der Waals surface area contributed by atoms with Crippen molar-refractivity contribution in [2.75, 3.05) is 18.6 Å². The number of esters is 1. The highest BCUT2D eigenvalue weighted by molar-refractivity contribution is 7.98. The molecule has 0 aliphatic carbocycles. The topological polar surface area (TPSA) is 72.5 Å². The SMILES string of the molecule is CSCCC(NC(=O)c1ccccc1)C(=O)OCC(=O)c1cccs1. The largest absolute Gasteiger partial charge is 0.456 e. The first-order valence-corrected chi connectivity index (χ1v) is 9.97. The molecule has 2 rings (SSSR count). The van der Waals surface area contributed by atoms with E-state index in [9.17, 15) is 14.4 Å². The number of carbonyl (C=O) groups excluding carboxylic acids is 3. The minimum atomic E-state index is -0.781. The first-order chi connectivity index (χ1) is 12.1. The number of carbonyl (C=O) groups is 3. The number of rotatable bonds is 9. The van der Waals surface area contributed by atoms with Crippen molar-refractivity contribution < 1.29 is 19.1 Å². The van der Waals surface area contributed by atoms with E-state index in [0.29, 0.717) is 22.6 Å². The van der Waals surface area contributed by atoms with Gasteiger partial charge in [-0.25, -0.2) is 4.79 Å². The van der Waals surface area contributed by atoms with Gasteiger partial charge in [0.25, 0.3) is 5.91 Å². The fourth-order valence-corrected chi connectivity index (χ4v) is 3.18. The fourth-order valence-electron chi connectivity index (χ4n) is 2.06. The third kappa shape index (κ3) is 6.03. The van der Waals surface area contributed by atoms with Crippen LogP contribution in [0.2, 0.25) is 0 Å². The van der Waals surface area contributed by atoms with E-state index in [4.69, 9.17) is 4.74 Å². The predicted molar refractivity (Wildman–Crippen MR) is 100 cm³/mol. The van der Waals surface area contributed by atoms with E-state index in [1.165, 1.54) is 11.3 Å². The van der Waals surface area contributed by atoms with E-state index in [1.807, 2.05) is 12.3 Å². The van der Waals surface area contributed by atoms with Crippen LogP contribution in [0.25, 0.3) is 0 Å². The number of hydrogen-bond acceptors (Lipinski definition) is 6. The van der Waals surface area contributed by atoms with Gasteiger partial charge in [-0.2, -0.15) is 11.8 Å². The summed E-state index contributed by atoms with van der Waals surface area (Å²) in [5.41, 5.74) is 0.471. The lowest BCUT2D eigenvalue weighted by Gasteiger charge is -2.17. The van der Waals surface area contributed by atoms with Crippen molar-refractivity contribution in [3.05, 3.63) is 58.3 Å². The molecule has 7 heteroatoms. The minimum absolute atomic E-state index is 0.249. The van der Waals surface area contributed by atoms with E-state index in [2.05, 4.69) is 5.32 Å². The van der Waals surface area contributed by atoms with E-state index in [0.717, 1.165) is 0 Å². The molecule has 132 valence electrons. The second kappa shape index (κ2) is 10.0. The zero-order valence-electron chi connectivity index (χ0n) is 13.8. The highest BCUT2D eigenvalue weighted by Gasteiger charge is 2.23. The summed E-state index contributed by atoms with van der Waals surface area (Å²) in [5.74, 6) is -0.494. The Morgan fingerprint density at radius 1 is 1.16 bits per heavy atom. The molecule has 0 saturated heterocycles. The van der Waals surface area contributed by atoms with Crippen molar-refractivity contribution in [1.29, 1.82) is 0 Å². The van der Waals surface area contributed by atoms with Crippen LogP contribution in [0.15, 0.2) is 47.8 Å². The molecule has 0 aliphatic heterocycles. The molecule has 1 amide bonds. The van der Waals surface area contributed by atoms with Crippen molar-refractivity contribution >= 4 is 40.8 Å². The van der Waals surface area contributed by atoms with Gasteiger partial charge < -0.3 is 10.1 Å². The van der Waals surface area contributed by atoms with Gasteiger partial charge in [-0.1, -0.05) is 24.3 Å². The maximum absolute atomic E-state index is 12.3. The number of hydrogen-bond donors (Lipinski definition) is 1. The molecule has 1 unspecified atom stereocenters. The third-order valence-corrected chi connectivity index (χ3v) is 4.93. The van der Waals surface area contributed by atoms with E-state index in [-0.39, 0.29) is 18.3 Å². The third-order valence-electron chi connectivity index (χ3n) is 3.38. The number of ketones is 1. The Bertz CT molecular complexity index is 701. The van der Waals surface area contributed by atoms with E-state index in [1.54, 1.807) is 53.5 Å². The Balaban J connectivity index is 1.94. The maximum Gasteiger partial charge on any atom is 0.329 e. The van der Waals surface area contributed by atoms with Crippen LogP contribution in [0.1, 0.15) is 26.5 Å². The molecule has 1 aromatic carbocycles. The smallest absolute Gasteiger partial charge is 0.329 e. The number of nitrogens with one attached hydrogen (secondary N) is 1. The normalized spacial score (nSPS) is 11.6. The van der Waals surface area contributed by atoms with Gasteiger partial charge in [0.15, 0.2) is 6.61 Å². The Hall–Kier alpha value is -2.12. The Kier molecular flexibility index (Phi) is 7.69. The summed E-state index contributed by atoms with van der Waals surface area (Å²) in [5, 5.41) is 4.48. The van der Waals surface area contributed by atoms with Gasteiger partial charge in [0.05, 0.1) is 4.88 Å². The molecule has 1 aromatic heterocycles. The van der Waals surface area contributed by atoms with Crippen LogP contribution in [0.3, 0.4) is 0 Å². The number of thioether (sulfide) groups is 1. The molecule has 0 bridgehead atoms. The molecule has 0 aliphatic rings. The molecule has 0 spiro atoms. The second-order valence-electron chi connectivity index (χ2n) is 5.18. The zero-order chi connectivity index (χ0) is 18.1. The second-order valence-corrected chi connectivity index (χ2v) is 7.12. The van der Waals surface area contributed by atoms with Crippen molar-refractivity contribution in [3.63, 3.8) is 0 Å². The summed E-state index contributed by atoms with van der Waals surface area (Å²) in [6, 6.07) is 11.3. The Morgan fingerprint density at radius 2 is 1.92 bits per heavy atom. The van der Waals surface area contributed by atoms with E-state index >= 15 is 0 Å². The van der Waals surface area contributed by atoms with Crippen molar-refractivity contribution in [2.45, 2.75) is 12.5 Å². The number of benzene rings is 1. The van der Waals surface area contributed by atoms with Crippen LogP contribution < -0.4 is 5.32 Å². The summed E-state index contributed by atoms with van der Waals surface area (Å²) in [6.45, 7) is -0.323. The summed E-state index contributed by atoms with van der Waals surface area (Å²) < 4.78 is 5.12. The molecule has 1 atom stereocenters. The van der Waals surface area contributed by atoms with Crippen LogP contribution in [0, 0.1) is 0 Å². The Labute approximate surface area is 154 Å². The number of ether oxygens (including phenoxy) is 1. The van der Waals surface area contributed by atoms with Gasteiger partial charge in [-0.15, -0.1) is 11.3 Å². The summed E-state index contributed by atoms with van der Waals surface area (Å²) in [7, 11) is 0. The first-order valence-electron chi connectivity index (χ1n) is 7.70. The highest BCUT2D eigenvalue weighted by Crippen LogP contribution is 2.10. The average Bonchev–Trinajstić information content (AvgIpc) is 3.18. The average molecular weight is 377 g/mol. The van der Waals surface area contributed by atoms with Gasteiger partial charge in [0.2, 0.25) is 5.78 Å². The predicted octanol–water partition coefficient (Wildman–Crippen LogP) is 3.03. The lowest BCUT2D eigenvalue weighted by atomic mass is 10.1. The lowest BCUT2D eigenvalue weighted by Crippen LogP contribution is -2.42.